The lowest BCUT2D eigenvalue weighted by Crippen LogP contribution is -2.28. The third-order valence-corrected chi connectivity index (χ3v) is 17.0. The number of anilines is 1. The topological polar surface area (TPSA) is 208 Å². The number of thioether (sulfide) groups is 1. The molecule has 1 aliphatic carbocycles. The minimum atomic E-state index is -4.45. The average Bonchev–Trinajstić information content (AvgIpc) is 3.83. The van der Waals surface area contributed by atoms with Crippen molar-refractivity contribution in [1.82, 2.24) is 0 Å². The van der Waals surface area contributed by atoms with E-state index in [1.54, 1.807) is 23.9 Å². The SMILES string of the molecule is CC1(C)C(=CC=C2CCC(C=CC3=[N+](CCCS(=O)(=O)O)c4ccc5cc(SOOO)ccc5c4C3(C)C)=C2Sc2ccccc2)N(CCCS(=O)(=O)O)c2ccc3cc(S(=O)(=O)O)ccc3c21. The smallest absolute Gasteiger partial charge is 0.294 e. The van der Waals surface area contributed by atoms with E-state index in [1.165, 1.54) is 12.1 Å². The highest BCUT2D eigenvalue weighted by atomic mass is 32.2. The van der Waals surface area contributed by atoms with Gasteiger partial charge in [-0.1, -0.05) is 79.2 Å². The van der Waals surface area contributed by atoms with Crippen molar-refractivity contribution in [3.8, 4) is 0 Å². The molecule has 2 aliphatic heterocycles. The maximum atomic E-state index is 12.1. The summed E-state index contributed by atoms with van der Waals surface area (Å²) in [7, 11) is -12.9. The summed E-state index contributed by atoms with van der Waals surface area (Å²) < 4.78 is 108. The molecule has 358 valence electrons. The number of nitrogens with zero attached hydrogens (tertiary/aromatic N) is 2. The van der Waals surface area contributed by atoms with E-state index in [0.717, 1.165) is 89.5 Å². The number of benzene rings is 5. The number of hydrogen-bond acceptors (Lipinski definition) is 12. The van der Waals surface area contributed by atoms with Crippen LogP contribution >= 0.6 is 23.8 Å². The first kappa shape index (κ1) is 49.8. The number of allylic oxidation sites excluding steroid dienone is 7. The largest absolute Gasteiger partial charge is 0.344 e. The summed E-state index contributed by atoms with van der Waals surface area (Å²) in [5, 5.41) is 15.8. The van der Waals surface area contributed by atoms with E-state index >= 15 is 0 Å². The summed E-state index contributed by atoms with van der Waals surface area (Å²) in [4.78, 5) is 4.66. The summed E-state index contributed by atoms with van der Waals surface area (Å²) in [5.74, 6) is -0.823. The summed E-state index contributed by atoms with van der Waals surface area (Å²) >= 11 is 2.52. The first-order valence-electron chi connectivity index (χ1n) is 21.7. The van der Waals surface area contributed by atoms with Crippen LogP contribution in [0.5, 0.6) is 0 Å². The molecule has 19 heteroatoms. The number of fused-ring (bicyclic) bond motifs is 6. The highest BCUT2D eigenvalue weighted by Crippen LogP contribution is 2.52. The van der Waals surface area contributed by atoms with Crippen molar-refractivity contribution in [2.75, 3.05) is 29.5 Å². The van der Waals surface area contributed by atoms with Crippen LogP contribution < -0.4 is 4.90 Å². The molecule has 2 heterocycles. The molecule has 14 nitrogen and oxygen atoms in total. The molecule has 5 aromatic carbocycles. The van der Waals surface area contributed by atoms with Crippen LogP contribution in [0.1, 0.15) is 64.5 Å². The van der Waals surface area contributed by atoms with E-state index in [1.807, 2.05) is 54.6 Å². The van der Waals surface area contributed by atoms with E-state index in [2.05, 4.69) is 83.0 Å². The molecule has 8 rings (SSSR count). The normalized spacial score (nSPS) is 18.3. The molecule has 0 radical (unpaired) electrons. The molecule has 0 aromatic heterocycles. The zero-order chi connectivity index (χ0) is 48.8. The van der Waals surface area contributed by atoms with Gasteiger partial charge in [0.1, 0.15) is 6.54 Å². The van der Waals surface area contributed by atoms with Crippen molar-refractivity contribution >= 4 is 92.8 Å². The maximum absolute atomic E-state index is 12.1. The van der Waals surface area contributed by atoms with Crippen molar-refractivity contribution in [3.05, 3.63) is 148 Å². The first-order chi connectivity index (χ1) is 32.1. The van der Waals surface area contributed by atoms with Gasteiger partial charge in [0, 0.05) is 62.2 Å². The second-order valence-electron chi connectivity index (χ2n) is 18.0. The Balaban J connectivity index is 1.22. The Kier molecular flexibility index (Phi) is 14.1. The second-order valence-corrected chi connectivity index (χ2v) is 24.4. The number of hydrogen-bond donors (Lipinski definition) is 4. The van der Waals surface area contributed by atoms with Crippen molar-refractivity contribution in [1.29, 1.82) is 0 Å². The average molecular weight is 1020 g/mol. The van der Waals surface area contributed by atoms with Gasteiger partial charge >= 0.3 is 0 Å². The van der Waals surface area contributed by atoms with Crippen LogP contribution in [0, 0.1) is 0 Å². The second kappa shape index (κ2) is 19.3. The Labute approximate surface area is 405 Å². The first-order valence-corrected chi connectivity index (χ1v) is 27.9. The Morgan fingerprint density at radius 3 is 2.10 bits per heavy atom. The van der Waals surface area contributed by atoms with Gasteiger partial charge in [0.05, 0.1) is 33.9 Å². The third-order valence-electron chi connectivity index (χ3n) is 12.8. The lowest BCUT2D eigenvalue weighted by molar-refractivity contribution is -0.437. The Hall–Kier alpha value is -4.64. The van der Waals surface area contributed by atoms with E-state index < -0.39 is 52.7 Å². The number of rotatable bonds is 17. The molecule has 3 aliphatic rings. The fraction of sp³-hybridized carbons (Fsp3) is 0.286. The summed E-state index contributed by atoms with van der Waals surface area (Å²) in [5.41, 5.74) is 6.49. The van der Waals surface area contributed by atoms with Crippen LogP contribution in [0.4, 0.5) is 11.4 Å². The lowest BCUT2D eigenvalue weighted by Gasteiger charge is -2.27. The van der Waals surface area contributed by atoms with Crippen molar-refractivity contribution in [2.24, 2.45) is 0 Å². The molecule has 4 N–H and O–H groups in total. The van der Waals surface area contributed by atoms with E-state index in [4.69, 9.17) is 5.26 Å². The summed E-state index contributed by atoms with van der Waals surface area (Å²) in [6.45, 7) is 9.01. The molecular weight excluding hydrogens is 969 g/mol. The highest BCUT2D eigenvalue weighted by molar-refractivity contribution is 8.03. The summed E-state index contributed by atoms with van der Waals surface area (Å²) in [6, 6.07) is 28.0. The molecule has 0 spiro atoms. The van der Waals surface area contributed by atoms with Crippen LogP contribution in [0.2, 0.25) is 0 Å². The zero-order valence-corrected chi connectivity index (χ0v) is 41.7. The molecule has 0 fully saturated rings. The van der Waals surface area contributed by atoms with Crippen molar-refractivity contribution in [2.45, 2.75) is 78.9 Å². The molecule has 0 saturated heterocycles. The minimum Gasteiger partial charge on any atom is -0.344 e. The molecule has 68 heavy (non-hydrogen) atoms. The van der Waals surface area contributed by atoms with E-state index in [9.17, 15) is 38.9 Å². The molecular formula is C49H51N2O12S5+. The Morgan fingerprint density at radius 2 is 1.40 bits per heavy atom. The fourth-order valence-electron chi connectivity index (χ4n) is 9.82. The van der Waals surface area contributed by atoms with Crippen LogP contribution in [0.15, 0.2) is 152 Å². The molecule has 0 atom stereocenters. The maximum Gasteiger partial charge on any atom is 0.294 e. The molecule has 0 bridgehead atoms. The molecule has 0 unspecified atom stereocenters. The van der Waals surface area contributed by atoms with Gasteiger partial charge in [-0.25, -0.2) is 5.26 Å². The summed E-state index contributed by atoms with van der Waals surface area (Å²) in [6.07, 6.45) is 10.2. The van der Waals surface area contributed by atoms with Gasteiger partial charge in [-0.2, -0.15) is 29.8 Å². The van der Waals surface area contributed by atoms with Gasteiger partial charge in [-0.15, -0.1) is 4.33 Å². The van der Waals surface area contributed by atoms with E-state index in [-0.39, 0.29) is 24.3 Å². The van der Waals surface area contributed by atoms with Crippen LogP contribution in [-0.2, 0) is 50.6 Å². The third kappa shape index (κ3) is 10.4. The predicted octanol–water partition coefficient (Wildman–Crippen LogP) is 10.6. The highest BCUT2D eigenvalue weighted by Gasteiger charge is 2.46. The zero-order valence-electron chi connectivity index (χ0n) is 37.6. The fourth-order valence-corrected chi connectivity index (χ4v) is 12.9. The van der Waals surface area contributed by atoms with Gasteiger partial charge in [0.15, 0.2) is 5.71 Å². The quantitative estimate of drug-likeness (QED) is 0.0225. The Bertz CT molecular complexity index is 3340. The predicted molar refractivity (Wildman–Crippen MR) is 267 cm³/mol. The van der Waals surface area contributed by atoms with Crippen LogP contribution in [0.25, 0.3) is 21.5 Å². The van der Waals surface area contributed by atoms with Gasteiger partial charge in [0.2, 0.25) is 5.69 Å². The van der Waals surface area contributed by atoms with Gasteiger partial charge < -0.3 is 4.90 Å². The molecule has 0 saturated carbocycles. The van der Waals surface area contributed by atoms with E-state index in [0.29, 0.717) is 23.2 Å². The van der Waals surface area contributed by atoms with Crippen molar-refractivity contribution in [3.63, 3.8) is 0 Å². The van der Waals surface area contributed by atoms with Crippen molar-refractivity contribution < 1.29 is 58.1 Å². The lowest BCUT2D eigenvalue weighted by atomic mass is 9.79. The van der Waals surface area contributed by atoms with Gasteiger partial charge in [-0.3, -0.25) is 13.7 Å². The van der Waals surface area contributed by atoms with Crippen LogP contribution in [-0.4, -0.2) is 79.1 Å². The van der Waals surface area contributed by atoms with Crippen LogP contribution in [0.3, 0.4) is 0 Å². The monoisotopic (exact) mass is 1020 g/mol. The van der Waals surface area contributed by atoms with Gasteiger partial charge in [0.25, 0.3) is 30.4 Å². The van der Waals surface area contributed by atoms with Gasteiger partial charge in [-0.05, 0) is 126 Å². The minimum absolute atomic E-state index is 0.142. The Morgan fingerprint density at radius 1 is 0.721 bits per heavy atom. The molecule has 5 aromatic rings. The molecule has 0 amide bonds. The standard InChI is InChI=1S/C49H50N2O12S5/c1-48(2)43(50(26-8-28-66(53,54)55)41-22-14-34-30-37(65-63-62-52)18-20-39(34)45(41)48)24-16-32-12-13-33(47(32)64-36-10-6-5-7-11-36)17-25-44-49(3,4)46-40-21-19-38(68(59,60)61)31-35(40)15-23-42(46)51(44)27-9-29-67(56,57)58/h5-7,10-11,14-25,30-31H,8-9,12-13,26-29H2,1-4H3,(H3-,52,53,54,55,56,57,58,59,60,61)/p+1.